The molecule has 6 unspecified atom stereocenters. The second-order valence-electron chi connectivity index (χ2n) is 8.62. The summed E-state index contributed by atoms with van der Waals surface area (Å²) in [6.07, 6.45) is 2.06. The number of rotatable bonds is 1. The van der Waals surface area contributed by atoms with E-state index in [0.29, 0.717) is 24.7 Å². The topological polar surface area (TPSA) is 74.8 Å². The van der Waals surface area contributed by atoms with Crippen molar-refractivity contribution in [1.82, 2.24) is 0 Å². The van der Waals surface area contributed by atoms with Crippen molar-refractivity contribution in [3.8, 4) is 5.75 Å². The summed E-state index contributed by atoms with van der Waals surface area (Å²) in [5.74, 6) is 0.709. The van der Waals surface area contributed by atoms with E-state index in [4.69, 9.17) is 14.2 Å². The number of hydrogen-bond acceptors (Lipinski definition) is 5. The number of phenols is 1. The maximum atomic E-state index is 11.1. The van der Waals surface area contributed by atoms with Crippen LogP contribution in [0.15, 0.2) is 29.5 Å². The van der Waals surface area contributed by atoms with E-state index in [2.05, 4.69) is 13.0 Å². The maximum absolute atomic E-state index is 11.1. The van der Waals surface area contributed by atoms with Crippen molar-refractivity contribution in [1.29, 1.82) is 0 Å². The number of aryl methyl sites for hydroxylation is 2. The largest absolute Gasteiger partial charge is 0.511 e. The van der Waals surface area contributed by atoms with Crippen LogP contribution in [0.3, 0.4) is 0 Å². The summed E-state index contributed by atoms with van der Waals surface area (Å²) in [6.45, 7) is 8.99. The quantitative estimate of drug-likeness (QED) is 0.741. The summed E-state index contributed by atoms with van der Waals surface area (Å²) in [5, 5.41) is 21.3. The number of hydrogen-bond donors (Lipinski definition) is 2. The Balaban J connectivity index is 1.68. The van der Waals surface area contributed by atoms with Crippen molar-refractivity contribution in [2.75, 3.05) is 13.2 Å². The lowest BCUT2D eigenvalue weighted by molar-refractivity contribution is 0.101. The lowest BCUT2D eigenvalue weighted by atomic mass is 9.62. The molecule has 3 heterocycles. The predicted octanol–water partition coefficient (Wildman–Crippen LogP) is 3.43. The summed E-state index contributed by atoms with van der Waals surface area (Å²) < 4.78 is 17.7. The van der Waals surface area contributed by atoms with E-state index in [-0.39, 0.29) is 30.3 Å². The first-order chi connectivity index (χ1) is 12.8. The van der Waals surface area contributed by atoms with E-state index in [1.807, 2.05) is 32.9 Å². The van der Waals surface area contributed by atoms with Crippen molar-refractivity contribution in [2.24, 2.45) is 11.3 Å². The van der Waals surface area contributed by atoms with Gasteiger partial charge >= 0.3 is 0 Å². The SMILES string of the molecule is CC1=C(O)C2(C)C3OC3COCC3OC3C2C(c2cc(C)c(O)c(C)c2)=C1. The lowest BCUT2D eigenvalue weighted by Crippen LogP contribution is -2.42. The van der Waals surface area contributed by atoms with Gasteiger partial charge < -0.3 is 24.4 Å². The molecule has 0 saturated carbocycles. The average Bonchev–Trinajstić information content (AvgIpc) is 3.53. The van der Waals surface area contributed by atoms with Crippen LogP contribution in [-0.2, 0) is 14.2 Å². The molecule has 5 nitrogen and oxygen atoms in total. The van der Waals surface area contributed by atoms with E-state index >= 15 is 0 Å². The van der Waals surface area contributed by atoms with Crippen LogP contribution in [-0.4, -0.2) is 47.8 Å². The Morgan fingerprint density at radius 1 is 1.00 bits per heavy atom. The van der Waals surface area contributed by atoms with Crippen molar-refractivity contribution >= 4 is 5.57 Å². The number of phenolic OH excluding ortho intramolecular Hbond substituents is 1. The molecule has 2 N–H and O–H groups in total. The molecule has 0 radical (unpaired) electrons. The highest BCUT2D eigenvalue weighted by Crippen LogP contribution is 2.60. The minimum atomic E-state index is -0.550. The van der Waals surface area contributed by atoms with Gasteiger partial charge in [-0.1, -0.05) is 6.08 Å². The molecule has 6 atom stereocenters. The molecule has 0 spiro atoms. The monoisotopic (exact) mass is 370 g/mol. The fraction of sp³-hybridized carbons (Fsp3) is 0.545. The van der Waals surface area contributed by atoms with Crippen LogP contribution >= 0.6 is 0 Å². The van der Waals surface area contributed by atoms with Gasteiger partial charge in [-0.2, -0.15) is 0 Å². The van der Waals surface area contributed by atoms with Gasteiger partial charge in [0, 0.05) is 5.92 Å². The predicted molar refractivity (Wildman–Crippen MR) is 101 cm³/mol. The molecule has 3 fully saturated rings. The zero-order chi connectivity index (χ0) is 19.1. The molecule has 1 aromatic rings. The number of fused-ring (bicyclic) bond motifs is 5. The van der Waals surface area contributed by atoms with Crippen LogP contribution in [0, 0.1) is 25.2 Å². The Hall–Kier alpha value is -1.82. The van der Waals surface area contributed by atoms with E-state index in [1.165, 1.54) is 0 Å². The van der Waals surface area contributed by atoms with Crippen molar-refractivity contribution in [3.05, 3.63) is 46.2 Å². The molecular weight excluding hydrogens is 344 g/mol. The number of aliphatic hydroxyl groups is 1. The number of epoxide rings is 2. The highest BCUT2D eigenvalue weighted by atomic mass is 16.6. The Morgan fingerprint density at radius 3 is 2.37 bits per heavy atom. The first-order valence-electron chi connectivity index (χ1n) is 9.63. The molecule has 1 aromatic carbocycles. The van der Waals surface area contributed by atoms with Crippen LogP contribution in [0.5, 0.6) is 5.75 Å². The molecule has 0 amide bonds. The van der Waals surface area contributed by atoms with Crippen LogP contribution < -0.4 is 0 Å². The summed E-state index contributed by atoms with van der Waals surface area (Å²) in [5.41, 5.74) is 4.22. The third-order valence-electron chi connectivity index (χ3n) is 6.75. The van der Waals surface area contributed by atoms with Crippen LogP contribution in [0.1, 0.15) is 30.5 Å². The first kappa shape index (κ1) is 17.3. The first-order valence-corrected chi connectivity index (χ1v) is 9.63. The molecule has 0 bridgehead atoms. The van der Waals surface area contributed by atoms with Gasteiger partial charge in [-0.25, -0.2) is 0 Å². The molecule has 5 heteroatoms. The van der Waals surface area contributed by atoms with Crippen LogP contribution in [0.25, 0.3) is 5.57 Å². The second-order valence-corrected chi connectivity index (χ2v) is 8.62. The molecule has 144 valence electrons. The molecular formula is C22H26O5. The molecule has 0 aromatic heterocycles. The number of ether oxygens (including phenoxy) is 3. The van der Waals surface area contributed by atoms with E-state index in [9.17, 15) is 10.2 Å². The number of allylic oxidation sites excluding steroid dienone is 2. The fourth-order valence-electron chi connectivity index (χ4n) is 5.18. The van der Waals surface area contributed by atoms with Gasteiger partial charge in [-0.05, 0) is 67.7 Å². The third-order valence-corrected chi connectivity index (χ3v) is 6.75. The van der Waals surface area contributed by atoms with Gasteiger partial charge in [0.2, 0.25) is 0 Å². The fourth-order valence-corrected chi connectivity index (χ4v) is 5.18. The normalized spacial score (nSPS) is 40.0. The van der Waals surface area contributed by atoms with Gasteiger partial charge in [0.15, 0.2) is 0 Å². The summed E-state index contributed by atoms with van der Waals surface area (Å²) in [7, 11) is 0. The van der Waals surface area contributed by atoms with E-state index < -0.39 is 5.41 Å². The summed E-state index contributed by atoms with van der Waals surface area (Å²) in [6, 6.07) is 4.05. The van der Waals surface area contributed by atoms with Gasteiger partial charge in [0.05, 0.1) is 30.8 Å². The molecule has 1 aliphatic carbocycles. The van der Waals surface area contributed by atoms with E-state index in [0.717, 1.165) is 27.8 Å². The van der Waals surface area contributed by atoms with Crippen LogP contribution in [0.2, 0.25) is 0 Å². The third kappa shape index (κ3) is 2.42. The van der Waals surface area contributed by atoms with Gasteiger partial charge in [-0.15, -0.1) is 0 Å². The molecule has 4 aliphatic rings. The smallest absolute Gasteiger partial charge is 0.121 e. The zero-order valence-corrected chi connectivity index (χ0v) is 16.2. The highest BCUT2D eigenvalue weighted by molar-refractivity contribution is 5.76. The van der Waals surface area contributed by atoms with E-state index in [1.54, 1.807) is 0 Å². The Kier molecular flexibility index (Phi) is 3.58. The van der Waals surface area contributed by atoms with Gasteiger partial charge in [-0.3, -0.25) is 0 Å². The molecule has 3 aliphatic heterocycles. The Morgan fingerprint density at radius 2 is 1.67 bits per heavy atom. The van der Waals surface area contributed by atoms with Crippen molar-refractivity contribution in [3.63, 3.8) is 0 Å². The minimum absolute atomic E-state index is 0.00568. The molecule has 3 saturated heterocycles. The number of aromatic hydroxyl groups is 1. The highest BCUT2D eigenvalue weighted by Gasteiger charge is 2.66. The number of aliphatic hydroxyl groups excluding tert-OH is 1. The summed E-state index contributed by atoms with van der Waals surface area (Å²) >= 11 is 0. The standard InChI is InChI=1S/C22H26O5/c1-10-5-13(6-11(2)18(10)23)14-7-12(3)20(24)22(4)17(14)19-15(26-19)8-25-9-16-21(22)27-16/h5-7,15-17,19,21,23-24H,8-9H2,1-4H3. The molecule has 27 heavy (non-hydrogen) atoms. The maximum Gasteiger partial charge on any atom is 0.121 e. The second kappa shape index (κ2) is 5.60. The summed E-state index contributed by atoms with van der Waals surface area (Å²) in [4.78, 5) is 0. The Bertz CT molecular complexity index is 862. The molecule has 5 rings (SSSR count). The Labute approximate surface area is 159 Å². The van der Waals surface area contributed by atoms with Crippen molar-refractivity contribution in [2.45, 2.75) is 52.1 Å². The minimum Gasteiger partial charge on any atom is -0.511 e. The van der Waals surface area contributed by atoms with Gasteiger partial charge in [0.25, 0.3) is 0 Å². The van der Waals surface area contributed by atoms with Crippen molar-refractivity contribution < 1.29 is 24.4 Å². The van der Waals surface area contributed by atoms with Crippen LogP contribution in [0.4, 0.5) is 0 Å². The average molecular weight is 370 g/mol. The number of benzene rings is 1. The zero-order valence-electron chi connectivity index (χ0n) is 16.2. The lowest BCUT2D eigenvalue weighted by Gasteiger charge is -2.41. The van der Waals surface area contributed by atoms with Gasteiger partial charge in [0.1, 0.15) is 23.7 Å².